The van der Waals surface area contributed by atoms with Crippen LogP contribution in [0.5, 0.6) is 0 Å². The van der Waals surface area contributed by atoms with Gasteiger partial charge in [0.25, 0.3) is 5.56 Å². The van der Waals surface area contributed by atoms with Crippen LogP contribution in [0.2, 0.25) is 0 Å². The van der Waals surface area contributed by atoms with Crippen molar-refractivity contribution in [2.75, 3.05) is 26.2 Å². The van der Waals surface area contributed by atoms with Crippen molar-refractivity contribution >= 4 is 42.8 Å². The van der Waals surface area contributed by atoms with Gasteiger partial charge in [-0.15, -0.1) is 0 Å². The molecule has 1 saturated heterocycles. The predicted octanol–water partition coefficient (Wildman–Crippen LogP) is 1.66. The van der Waals surface area contributed by atoms with Crippen LogP contribution in [-0.2, 0) is 10.0 Å². The van der Waals surface area contributed by atoms with E-state index in [0.29, 0.717) is 22.8 Å². The molecule has 0 bridgehead atoms. The Labute approximate surface area is 152 Å². The number of hydrogen-bond acceptors (Lipinski definition) is 4. The Balaban J connectivity index is 2.05. The Hall–Kier alpha value is -1.91. The summed E-state index contributed by atoms with van der Waals surface area (Å²) in [5, 5.41) is 9.70. The lowest BCUT2D eigenvalue weighted by molar-refractivity contribution is 0.147. The molecule has 10 heteroatoms. The zero-order valence-corrected chi connectivity index (χ0v) is 15.5. The lowest BCUT2D eigenvalue weighted by Gasteiger charge is -2.21. The van der Waals surface area contributed by atoms with Crippen molar-refractivity contribution in [2.24, 2.45) is 0 Å². The van der Waals surface area contributed by atoms with Gasteiger partial charge < -0.3 is 15.0 Å². The molecular formula is C15H16BrN3O5S. The Morgan fingerprint density at radius 2 is 1.92 bits per heavy atom. The standard InChI is InChI=1S/C15H16BrN3O5S/c16-10-2-3-11-12(8-10)13(9-17-14(11)20)25(23,24)19-5-1-4-18(6-7-19)15(21)22/h2-3,8-9H,1,4-7H2,(H,17,20)(H,21,22). The number of nitrogens with one attached hydrogen (secondary N) is 1. The lowest BCUT2D eigenvalue weighted by atomic mass is 10.2. The van der Waals surface area contributed by atoms with Crippen molar-refractivity contribution < 1.29 is 18.3 Å². The summed E-state index contributed by atoms with van der Waals surface area (Å²) in [4.78, 5) is 26.7. The van der Waals surface area contributed by atoms with E-state index in [1.807, 2.05) is 0 Å². The van der Waals surface area contributed by atoms with E-state index in [9.17, 15) is 18.0 Å². The Morgan fingerprint density at radius 1 is 1.16 bits per heavy atom. The van der Waals surface area contributed by atoms with Crippen LogP contribution in [0.4, 0.5) is 4.79 Å². The molecule has 0 radical (unpaired) electrons. The number of H-pyrrole nitrogens is 1. The fraction of sp³-hybridized carbons (Fsp3) is 0.333. The number of sulfonamides is 1. The number of aromatic amines is 1. The number of amides is 1. The van der Waals surface area contributed by atoms with Gasteiger partial charge in [0.1, 0.15) is 4.90 Å². The summed E-state index contributed by atoms with van der Waals surface area (Å²) in [6, 6.07) is 4.83. The first-order chi connectivity index (χ1) is 11.8. The molecule has 2 N–H and O–H groups in total. The summed E-state index contributed by atoms with van der Waals surface area (Å²) >= 11 is 3.30. The number of pyridine rings is 1. The summed E-state index contributed by atoms with van der Waals surface area (Å²) in [7, 11) is -3.87. The van der Waals surface area contributed by atoms with Crippen LogP contribution in [0, 0.1) is 0 Å². The summed E-state index contributed by atoms with van der Waals surface area (Å²) < 4.78 is 28.1. The molecule has 1 aromatic heterocycles. The molecule has 1 aromatic carbocycles. The molecule has 8 nitrogen and oxygen atoms in total. The summed E-state index contributed by atoms with van der Waals surface area (Å²) in [5.41, 5.74) is -0.366. The summed E-state index contributed by atoms with van der Waals surface area (Å²) in [5.74, 6) is 0. The summed E-state index contributed by atoms with van der Waals surface area (Å²) in [6.07, 6.45) is 0.556. The maximum Gasteiger partial charge on any atom is 0.407 e. The van der Waals surface area contributed by atoms with E-state index in [2.05, 4.69) is 20.9 Å². The van der Waals surface area contributed by atoms with Crippen molar-refractivity contribution in [3.8, 4) is 0 Å². The minimum Gasteiger partial charge on any atom is -0.465 e. The molecule has 1 fully saturated rings. The van der Waals surface area contributed by atoms with E-state index in [-0.39, 0.29) is 35.5 Å². The third kappa shape index (κ3) is 3.42. The van der Waals surface area contributed by atoms with Crippen molar-refractivity contribution in [1.82, 2.24) is 14.2 Å². The van der Waals surface area contributed by atoms with E-state index in [1.165, 1.54) is 15.4 Å². The molecule has 25 heavy (non-hydrogen) atoms. The van der Waals surface area contributed by atoms with Gasteiger partial charge in [-0.1, -0.05) is 15.9 Å². The lowest BCUT2D eigenvalue weighted by Crippen LogP contribution is -2.37. The number of fused-ring (bicyclic) bond motifs is 1. The fourth-order valence-electron chi connectivity index (χ4n) is 2.88. The Kier molecular flexibility index (Phi) is 4.85. The van der Waals surface area contributed by atoms with E-state index >= 15 is 0 Å². The van der Waals surface area contributed by atoms with Crippen molar-refractivity contribution in [3.63, 3.8) is 0 Å². The molecule has 0 unspecified atom stereocenters. The minimum atomic E-state index is -3.87. The SMILES string of the molecule is O=C(O)N1CCCN(S(=O)(=O)c2c[nH]c(=O)c3ccc(Br)cc23)CC1. The Morgan fingerprint density at radius 3 is 2.64 bits per heavy atom. The molecule has 1 aliphatic rings. The average Bonchev–Trinajstić information content (AvgIpc) is 2.81. The second-order valence-corrected chi connectivity index (χ2v) is 8.52. The number of nitrogens with zero attached hydrogens (tertiary/aromatic N) is 2. The van der Waals surface area contributed by atoms with Crippen LogP contribution in [0.15, 0.2) is 38.6 Å². The van der Waals surface area contributed by atoms with E-state index in [0.717, 1.165) is 0 Å². The molecular weight excluding hydrogens is 414 g/mol. The van der Waals surface area contributed by atoms with Crippen molar-refractivity contribution in [3.05, 3.63) is 39.2 Å². The fourth-order valence-corrected chi connectivity index (χ4v) is 4.87. The van der Waals surface area contributed by atoms with E-state index in [4.69, 9.17) is 5.11 Å². The van der Waals surface area contributed by atoms with E-state index < -0.39 is 16.1 Å². The largest absolute Gasteiger partial charge is 0.465 e. The zero-order chi connectivity index (χ0) is 18.2. The van der Waals surface area contributed by atoms with Gasteiger partial charge in [-0.2, -0.15) is 4.31 Å². The average molecular weight is 430 g/mol. The van der Waals surface area contributed by atoms with Crippen LogP contribution in [0.1, 0.15) is 6.42 Å². The Bertz CT molecular complexity index is 988. The number of hydrogen-bond donors (Lipinski definition) is 2. The molecule has 1 aliphatic heterocycles. The number of carboxylic acid groups (broad SMARTS) is 1. The van der Waals surface area contributed by atoms with Gasteiger partial charge in [0.15, 0.2) is 0 Å². The molecule has 134 valence electrons. The third-order valence-electron chi connectivity index (χ3n) is 4.17. The highest BCUT2D eigenvalue weighted by molar-refractivity contribution is 9.10. The quantitative estimate of drug-likeness (QED) is 0.753. The molecule has 0 saturated carbocycles. The van der Waals surface area contributed by atoms with Gasteiger partial charge >= 0.3 is 6.09 Å². The van der Waals surface area contributed by atoms with Crippen LogP contribution in [-0.4, -0.2) is 60.0 Å². The molecule has 2 aromatic rings. The molecule has 1 amide bonds. The van der Waals surface area contributed by atoms with E-state index in [1.54, 1.807) is 18.2 Å². The molecule has 0 atom stereocenters. The normalized spacial score (nSPS) is 16.8. The van der Waals surface area contributed by atoms with Crippen molar-refractivity contribution in [2.45, 2.75) is 11.3 Å². The molecule has 0 spiro atoms. The van der Waals surface area contributed by atoms with Gasteiger partial charge in [-0.3, -0.25) is 4.79 Å². The first-order valence-corrected chi connectivity index (χ1v) is 9.83. The molecule has 0 aliphatic carbocycles. The van der Waals surface area contributed by atoms with Crippen LogP contribution in [0.3, 0.4) is 0 Å². The topological polar surface area (TPSA) is 111 Å². The maximum atomic E-state index is 13.1. The summed E-state index contributed by atoms with van der Waals surface area (Å²) in [6.45, 7) is 0.697. The highest BCUT2D eigenvalue weighted by Crippen LogP contribution is 2.26. The van der Waals surface area contributed by atoms with Gasteiger partial charge in [-0.05, 0) is 24.6 Å². The predicted molar refractivity (Wildman–Crippen MR) is 95.2 cm³/mol. The van der Waals surface area contributed by atoms with Crippen molar-refractivity contribution in [1.29, 1.82) is 0 Å². The first-order valence-electron chi connectivity index (χ1n) is 7.59. The van der Waals surface area contributed by atoms with Gasteiger partial charge in [0.05, 0.1) is 0 Å². The first kappa shape index (κ1) is 17.9. The second kappa shape index (κ2) is 6.77. The smallest absolute Gasteiger partial charge is 0.407 e. The minimum absolute atomic E-state index is 0.00664. The maximum absolute atomic E-state index is 13.1. The molecule has 2 heterocycles. The van der Waals surface area contributed by atoms with Gasteiger partial charge in [0, 0.05) is 47.6 Å². The monoisotopic (exact) mass is 429 g/mol. The highest BCUT2D eigenvalue weighted by atomic mass is 79.9. The molecule has 3 rings (SSSR count). The van der Waals surface area contributed by atoms with Gasteiger partial charge in [-0.25, -0.2) is 13.2 Å². The second-order valence-electron chi connectivity index (χ2n) is 5.70. The van der Waals surface area contributed by atoms with Crippen LogP contribution < -0.4 is 5.56 Å². The number of benzene rings is 1. The zero-order valence-electron chi connectivity index (χ0n) is 13.1. The highest BCUT2D eigenvalue weighted by Gasteiger charge is 2.30. The number of rotatable bonds is 2. The number of halogens is 1. The number of aromatic nitrogens is 1. The van der Waals surface area contributed by atoms with Crippen LogP contribution in [0.25, 0.3) is 10.8 Å². The number of carbonyl (C=O) groups is 1. The van der Waals surface area contributed by atoms with Gasteiger partial charge in [0.2, 0.25) is 10.0 Å². The van der Waals surface area contributed by atoms with Crippen LogP contribution >= 0.6 is 15.9 Å². The third-order valence-corrected chi connectivity index (χ3v) is 6.60.